The van der Waals surface area contributed by atoms with Crippen LogP contribution >= 0.6 is 23.5 Å². The molecule has 1 aromatic carbocycles. The molecule has 2 amide bonds. The number of hydrogen-bond acceptors (Lipinski definition) is 5. The minimum absolute atomic E-state index is 0.0979. The van der Waals surface area contributed by atoms with Crippen LogP contribution < -0.4 is 10.6 Å². The maximum Gasteiger partial charge on any atom is 0.251 e. The number of hydrogen-bond donors (Lipinski definition) is 2. The molecule has 106 valence electrons. The van der Waals surface area contributed by atoms with Crippen molar-refractivity contribution in [3.8, 4) is 0 Å². The van der Waals surface area contributed by atoms with Crippen LogP contribution in [0.1, 0.15) is 10.4 Å². The van der Waals surface area contributed by atoms with Crippen LogP contribution in [-0.2, 0) is 4.79 Å². The number of carbonyl (C=O) groups is 2. The number of anilines is 1. The van der Waals surface area contributed by atoms with Crippen LogP contribution in [-0.4, -0.2) is 41.3 Å². The Morgan fingerprint density at radius 3 is 3.00 bits per heavy atom. The number of benzene rings is 1. The summed E-state index contributed by atoms with van der Waals surface area (Å²) in [6, 6.07) is 6.86. The first kappa shape index (κ1) is 14.9. The fourth-order valence-corrected chi connectivity index (χ4v) is 3.42. The summed E-state index contributed by atoms with van der Waals surface area (Å²) < 4.78 is 0.972. The van der Waals surface area contributed by atoms with Gasteiger partial charge in [0.25, 0.3) is 5.91 Å². The fourth-order valence-electron chi connectivity index (χ4n) is 1.61. The highest BCUT2D eigenvalue weighted by Crippen LogP contribution is 2.22. The molecular formula is C13H15N3O2S2. The van der Waals surface area contributed by atoms with Crippen LogP contribution in [0.15, 0.2) is 29.3 Å². The number of nitrogens with zero attached hydrogens (tertiary/aromatic N) is 1. The molecule has 0 spiro atoms. The molecular weight excluding hydrogens is 294 g/mol. The van der Waals surface area contributed by atoms with Crippen LogP contribution in [0.4, 0.5) is 5.69 Å². The average Bonchev–Trinajstić information content (AvgIpc) is 2.98. The Morgan fingerprint density at radius 1 is 1.45 bits per heavy atom. The van der Waals surface area contributed by atoms with Crippen LogP contribution in [0.25, 0.3) is 0 Å². The van der Waals surface area contributed by atoms with Gasteiger partial charge in [0, 0.05) is 24.1 Å². The van der Waals surface area contributed by atoms with Crippen LogP contribution in [0, 0.1) is 0 Å². The van der Waals surface area contributed by atoms with E-state index in [4.69, 9.17) is 0 Å². The van der Waals surface area contributed by atoms with Gasteiger partial charge in [-0.1, -0.05) is 29.6 Å². The predicted octanol–water partition coefficient (Wildman–Crippen LogP) is 1.82. The molecule has 20 heavy (non-hydrogen) atoms. The van der Waals surface area contributed by atoms with Crippen molar-refractivity contribution in [2.24, 2.45) is 4.99 Å². The third-order valence-electron chi connectivity index (χ3n) is 2.52. The van der Waals surface area contributed by atoms with Gasteiger partial charge in [-0.05, 0) is 18.2 Å². The molecule has 1 aromatic rings. The van der Waals surface area contributed by atoms with Crippen LogP contribution in [0.5, 0.6) is 0 Å². The summed E-state index contributed by atoms with van der Waals surface area (Å²) in [4.78, 5) is 27.6. The van der Waals surface area contributed by atoms with E-state index in [0.29, 0.717) is 17.0 Å². The van der Waals surface area contributed by atoms with E-state index in [1.54, 1.807) is 43.1 Å². The maximum atomic E-state index is 11.8. The zero-order valence-electron chi connectivity index (χ0n) is 11.0. The molecule has 0 unspecified atom stereocenters. The quantitative estimate of drug-likeness (QED) is 0.890. The van der Waals surface area contributed by atoms with Crippen molar-refractivity contribution in [2.45, 2.75) is 0 Å². The van der Waals surface area contributed by atoms with Gasteiger partial charge in [-0.2, -0.15) is 0 Å². The van der Waals surface area contributed by atoms with Gasteiger partial charge < -0.3 is 10.6 Å². The van der Waals surface area contributed by atoms with Gasteiger partial charge in [0.15, 0.2) is 0 Å². The van der Waals surface area contributed by atoms with Crippen LogP contribution in [0.2, 0.25) is 0 Å². The van der Waals surface area contributed by atoms with E-state index < -0.39 is 0 Å². The molecule has 0 aromatic heterocycles. The summed E-state index contributed by atoms with van der Waals surface area (Å²) in [6.45, 7) is 0.836. The van der Waals surface area contributed by atoms with Crippen molar-refractivity contribution in [3.05, 3.63) is 29.8 Å². The number of amides is 2. The van der Waals surface area contributed by atoms with Crippen molar-refractivity contribution in [1.82, 2.24) is 5.32 Å². The Kier molecular flexibility index (Phi) is 5.49. The number of rotatable bonds is 4. The number of aliphatic imine (C=N–C) groups is 1. The molecule has 1 heterocycles. The van der Waals surface area contributed by atoms with Gasteiger partial charge in [0.2, 0.25) is 5.91 Å². The van der Waals surface area contributed by atoms with Gasteiger partial charge in [-0.15, -0.1) is 0 Å². The molecule has 0 atom stereocenters. The summed E-state index contributed by atoms with van der Waals surface area (Å²) in [7, 11) is 1.57. The van der Waals surface area contributed by atoms with E-state index in [-0.39, 0.29) is 11.8 Å². The molecule has 2 N–H and O–H groups in total. The van der Waals surface area contributed by atoms with Gasteiger partial charge in [-0.25, -0.2) is 0 Å². The smallest absolute Gasteiger partial charge is 0.251 e. The third-order valence-corrected chi connectivity index (χ3v) is 4.77. The normalized spacial score (nSPS) is 13.8. The van der Waals surface area contributed by atoms with Crippen molar-refractivity contribution >= 4 is 45.4 Å². The first-order valence-corrected chi connectivity index (χ1v) is 8.08. The molecule has 1 aliphatic rings. The van der Waals surface area contributed by atoms with E-state index in [2.05, 4.69) is 15.6 Å². The summed E-state index contributed by atoms with van der Waals surface area (Å²) in [6.07, 6.45) is 0. The molecule has 0 fully saturated rings. The molecule has 1 aliphatic heterocycles. The largest absolute Gasteiger partial charge is 0.355 e. The molecule has 7 heteroatoms. The van der Waals surface area contributed by atoms with Crippen molar-refractivity contribution in [3.63, 3.8) is 0 Å². The van der Waals surface area contributed by atoms with Gasteiger partial charge in [0.1, 0.15) is 4.38 Å². The predicted molar refractivity (Wildman–Crippen MR) is 85.7 cm³/mol. The highest BCUT2D eigenvalue weighted by atomic mass is 32.2. The zero-order chi connectivity index (χ0) is 14.4. The average molecular weight is 309 g/mol. The Bertz CT molecular complexity index is 546. The highest BCUT2D eigenvalue weighted by Gasteiger charge is 2.11. The monoisotopic (exact) mass is 309 g/mol. The summed E-state index contributed by atoms with van der Waals surface area (Å²) >= 11 is 3.13. The Hall–Kier alpha value is -1.47. The van der Waals surface area contributed by atoms with E-state index >= 15 is 0 Å². The molecule has 5 nitrogen and oxygen atoms in total. The van der Waals surface area contributed by atoms with Gasteiger partial charge >= 0.3 is 0 Å². The van der Waals surface area contributed by atoms with Crippen molar-refractivity contribution in [1.29, 1.82) is 0 Å². The lowest BCUT2D eigenvalue weighted by atomic mass is 10.2. The number of carbonyl (C=O) groups excluding carboxylic acids is 2. The van der Waals surface area contributed by atoms with E-state index in [9.17, 15) is 9.59 Å². The first-order valence-electron chi connectivity index (χ1n) is 6.11. The Balaban J connectivity index is 1.88. The second kappa shape index (κ2) is 7.35. The van der Waals surface area contributed by atoms with E-state index in [0.717, 1.165) is 16.7 Å². The van der Waals surface area contributed by atoms with Crippen molar-refractivity contribution < 1.29 is 9.59 Å². The minimum Gasteiger partial charge on any atom is -0.355 e. The second-order valence-corrected chi connectivity index (χ2v) is 6.30. The fraction of sp³-hybridized carbons (Fsp3) is 0.308. The lowest BCUT2D eigenvalue weighted by Gasteiger charge is -2.06. The molecule has 0 bridgehead atoms. The highest BCUT2D eigenvalue weighted by molar-refractivity contribution is 8.39. The second-order valence-electron chi connectivity index (χ2n) is 3.99. The molecule has 0 radical (unpaired) electrons. The van der Waals surface area contributed by atoms with E-state index in [1.165, 1.54) is 11.8 Å². The van der Waals surface area contributed by atoms with Gasteiger partial charge in [-0.3, -0.25) is 14.6 Å². The summed E-state index contributed by atoms with van der Waals surface area (Å²) in [5.74, 6) is 1.06. The van der Waals surface area contributed by atoms with Gasteiger partial charge in [0.05, 0.1) is 12.3 Å². The molecule has 0 saturated heterocycles. The Labute approximate surface area is 126 Å². The third kappa shape index (κ3) is 4.28. The standard InChI is InChI=1S/C13H15N3O2S2/c1-14-12(18)9-3-2-4-10(7-9)16-11(17)8-20-13-15-5-6-19-13/h2-4,7H,5-6,8H2,1H3,(H,14,18)(H,16,17). The maximum absolute atomic E-state index is 11.8. The number of nitrogens with one attached hydrogen (secondary N) is 2. The SMILES string of the molecule is CNC(=O)c1cccc(NC(=O)CSC2=NCCS2)c1. The lowest BCUT2D eigenvalue weighted by Crippen LogP contribution is -2.19. The van der Waals surface area contributed by atoms with E-state index in [1.807, 2.05) is 0 Å². The summed E-state index contributed by atoms with van der Waals surface area (Å²) in [5.41, 5.74) is 1.14. The molecule has 0 saturated carbocycles. The van der Waals surface area contributed by atoms with Crippen molar-refractivity contribution in [2.75, 3.05) is 30.4 Å². The summed E-state index contributed by atoms with van der Waals surface area (Å²) in [5, 5.41) is 5.33. The lowest BCUT2D eigenvalue weighted by molar-refractivity contribution is -0.113. The van der Waals surface area contributed by atoms with Crippen LogP contribution in [0.3, 0.4) is 0 Å². The topological polar surface area (TPSA) is 70.6 Å². The minimum atomic E-state index is -0.174. The Morgan fingerprint density at radius 2 is 2.30 bits per heavy atom. The molecule has 0 aliphatic carbocycles. The zero-order valence-corrected chi connectivity index (χ0v) is 12.6. The molecule has 2 rings (SSSR count). The first-order chi connectivity index (χ1) is 9.69. The number of thioether (sulfide) groups is 2.